The van der Waals surface area contributed by atoms with Gasteiger partial charge in [-0.2, -0.15) is 0 Å². The first-order valence-corrected chi connectivity index (χ1v) is 6.81. The van der Waals surface area contributed by atoms with Gasteiger partial charge in [0.2, 0.25) is 5.91 Å². The Morgan fingerprint density at radius 3 is 2.68 bits per heavy atom. The molecule has 0 spiro atoms. The molecule has 19 heavy (non-hydrogen) atoms. The van der Waals surface area contributed by atoms with Gasteiger partial charge in [0, 0.05) is 19.6 Å². The van der Waals surface area contributed by atoms with Gasteiger partial charge in [-0.25, -0.2) is 0 Å². The Hall–Kier alpha value is -1.26. The molecule has 102 valence electrons. The van der Waals surface area contributed by atoms with E-state index in [-0.39, 0.29) is 23.4 Å². The number of piperazine rings is 1. The Balaban J connectivity index is 2.17. The molecule has 1 aromatic rings. The van der Waals surface area contributed by atoms with E-state index in [9.17, 15) is 9.59 Å². The van der Waals surface area contributed by atoms with Crippen LogP contribution in [-0.4, -0.2) is 47.8 Å². The molecule has 0 saturated carbocycles. The SMILES string of the molecule is CCN1CCN(C(=O)c2cccc(Cl)c2Cl)CC1=O. The van der Waals surface area contributed by atoms with Crippen LogP contribution in [0.1, 0.15) is 17.3 Å². The second kappa shape index (κ2) is 5.80. The molecule has 0 N–H and O–H groups in total. The van der Waals surface area contributed by atoms with E-state index in [1.807, 2.05) is 6.92 Å². The number of amides is 2. The van der Waals surface area contributed by atoms with E-state index >= 15 is 0 Å². The van der Waals surface area contributed by atoms with E-state index < -0.39 is 0 Å². The predicted molar refractivity (Wildman–Crippen MR) is 74.6 cm³/mol. The molecule has 2 rings (SSSR count). The number of carbonyl (C=O) groups is 2. The molecule has 0 bridgehead atoms. The number of rotatable bonds is 2. The molecular weight excluding hydrogens is 287 g/mol. The monoisotopic (exact) mass is 300 g/mol. The van der Waals surface area contributed by atoms with Crippen LogP contribution in [0.25, 0.3) is 0 Å². The maximum absolute atomic E-state index is 12.3. The molecule has 1 aromatic carbocycles. The number of hydrogen-bond acceptors (Lipinski definition) is 2. The summed E-state index contributed by atoms with van der Waals surface area (Å²) in [7, 11) is 0. The van der Waals surface area contributed by atoms with Crippen molar-refractivity contribution in [2.45, 2.75) is 6.92 Å². The fraction of sp³-hybridized carbons (Fsp3) is 0.385. The van der Waals surface area contributed by atoms with E-state index in [1.54, 1.807) is 23.1 Å². The van der Waals surface area contributed by atoms with Crippen LogP contribution < -0.4 is 0 Å². The quantitative estimate of drug-likeness (QED) is 0.841. The lowest BCUT2D eigenvalue weighted by Gasteiger charge is -2.33. The maximum atomic E-state index is 12.3. The zero-order chi connectivity index (χ0) is 14.0. The van der Waals surface area contributed by atoms with Crippen LogP contribution in [0, 0.1) is 0 Å². The Morgan fingerprint density at radius 2 is 2.05 bits per heavy atom. The first-order chi connectivity index (χ1) is 9.04. The van der Waals surface area contributed by atoms with Gasteiger partial charge in [-0.1, -0.05) is 29.3 Å². The first kappa shape index (κ1) is 14.2. The third kappa shape index (κ3) is 2.85. The summed E-state index contributed by atoms with van der Waals surface area (Å²) in [5, 5.41) is 0.575. The minimum absolute atomic E-state index is 0.0414. The molecule has 0 atom stereocenters. The number of halogens is 2. The molecule has 1 aliphatic heterocycles. The van der Waals surface area contributed by atoms with Crippen LogP contribution in [0.5, 0.6) is 0 Å². The van der Waals surface area contributed by atoms with Crippen molar-refractivity contribution in [1.29, 1.82) is 0 Å². The van der Waals surface area contributed by atoms with Gasteiger partial charge in [0.05, 0.1) is 15.6 Å². The molecule has 0 aromatic heterocycles. The topological polar surface area (TPSA) is 40.6 Å². The van der Waals surface area contributed by atoms with E-state index in [0.717, 1.165) is 0 Å². The first-order valence-electron chi connectivity index (χ1n) is 6.05. The number of nitrogens with zero attached hydrogens (tertiary/aromatic N) is 2. The molecule has 1 heterocycles. The summed E-state index contributed by atoms with van der Waals surface area (Å²) in [6.07, 6.45) is 0. The summed E-state index contributed by atoms with van der Waals surface area (Å²) >= 11 is 11.9. The lowest BCUT2D eigenvalue weighted by atomic mass is 10.1. The summed E-state index contributed by atoms with van der Waals surface area (Å²) in [6, 6.07) is 4.92. The molecular formula is C13H14Cl2N2O2. The number of carbonyl (C=O) groups excluding carboxylic acids is 2. The lowest BCUT2D eigenvalue weighted by molar-refractivity contribution is -0.134. The van der Waals surface area contributed by atoms with Gasteiger partial charge in [0.15, 0.2) is 0 Å². The average Bonchev–Trinajstić information content (AvgIpc) is 2.41. The van der Waals surface area contributed by atoms with Crippen molar-refractivity contribution in [1.82, 2.24) is 9.80 Å². The molecule has 2 amide bonds. The minimum atomic E-state index is -0.253. The summed E-state index contributed by atoms with van der Waals surface area (Å²) in [6.45, 7) is 3.75. The molecule has 0 unspecified atom stereocenters. The van der Waals surface area contributed by atoms with Crippen LogP contribution in [-0.2, 0) is 4.79 Å². The lowest BCUT2D eigenvalue weighted by Crippen LogP contribution is -2.52. The summed E-state index contributed by atoms with van der Waals surface area (Å²) in [5.74, 6) is -0.295. The minimum Gasteiger partial charge on any atom is -0.340 e. The van der Waals surface area contributed by atoms with Crippen LogP contribution >= 0.6 is 23.2 Å². The average molecular weight is 301 g/mol. The van der Waals surface area contributed by atoms with Gasteiger partial charge in [0.1, 0.15) is 6.54 Å². The molecule has 0 aliphatic carbocycles. The van der Waals surface area contributed by atoms with Gasteiger partial charge in [-0.15, -0.1) is 0 Å². The Labute approximate surface area is 121 Å². The van der Waals surface area contributed by atoms with Gasteiger partial charge < -0.3 is 9.80 Å². The van der Waals surface area contributed by atoms with Crippen LogP contribution in [0.2, 0.25) is 10.0 Å². The fourth-order valence-electron chi connectivity index (χ4n) is 2.06. The van der Waals surface area contributed by atoms with Gasteiger partial charge in [-0.05, 0) is 19.1 Å². The van der Waals surface area contributed by atoms with E-state index in [1.165, 1.54) is 4.90 Å². The van der Waals surface area contributed by atoms with E-state index in [2.05, 4.69) is 0 Å². The highest BCUT2D eigenvalue weighted by atomic mass is 35.5. The number of likely N-dealkylation sites (N-methyl/N-ethyl adjacent to an activating group) is 1. The maximum Gasteiger partial charge on any atom is 0.255 e. The van der Waals surface area contributed by atoms with E-state index in [4.69, 9.17) is 23.2 Å². The molecule has 1 aliphatic rings. The predicted octanol–water partition coefficient (Wildman–Crippen LogP) is 2.30. The third-order valence-electron chi connectivity index (χ3n) is 3.17. The van der Waals surface area contributed by atoms with Gasteiger partial charge >= 0.3 is 0 Å². The van der Waals surface area contributed by atoms with Crippen LogP contribution in [0.15, 0.2) is 18.2 Å². The molecule has 6 heteroatoms. The van der Waals surface area contributed by atoms with Crippen LogP contribution in [0.4, 0.5) is 0 Å². The summed E-state index contributed by atoms with van der Waals surface area (Å²) in [5.41, 5.74) is 0.340. The largest absolute Gasteiger partial charge is 0.340 e. The van der Waals surface area contributed by atoms with Crippen molar-refractivity contribution in [2.24, 2.45) is 0 Å². The fourth-order valence-corrected chi connectivity index (χ4v) is 2.44. The summed E-state index contributed by atoms with van der Waals surface area (Å²) < 4.78 is 0. The second-order valence-corrected chi connectivity index (χ2v) is 5.09. The highest BCUT2D eigenvalue weighted by Crippen LogP contribution is 2.26. The Kier molecular flexibility index (Phi) is 4.32. The molecule has 0 radical (unpaired) electrons. The van der Waals surface area contributed by atoms with E-state index in [0.29, 0.717) is 30.2 Å². The van der Waals surface area contributed by atoms with Crippen molar-refractivity contribution >= 4 is 35.0 Å². The standard InChI is InChI=1S/C13H14Cl2N2O2/c1-2-16-6-7-17(8-11(16)18)13(19)9-4-3-5-10(14)12(9)15/h3-5H,2,6-8H2,1H3. The van der Waals surface area contributed by atoms with Crippen molar-refractivity contribution < 1.29 is 9.59 Å². The zero-order valence-electron chi connectivity index (χ0n) is 10.5. The molecule has 1 saturated heterocycles. The Bertz CT molecular complexity index is 519. The molecule has 1 fully saturated rings. The number of benzene rings is 1. The van der Waals surface area contributed by atoms with Crippen molar-refractivity contribution in [2.75, 3.05) is 26.2 Å². The van der Waals surface area contributed by atoms with Crippen LogP contribution in [0.3, 0.4) is 0 Å². The van der Waals surface area contributed by atoms with Crippen molar-refractivity contribution in [3.05, 3.63) is 33.8 Å². The Morgan fingerprint density at radius 1 is 1.32 bits per heavy atom. The van der Waals surface area contributed by atoms with Crippen molar-refractivity contribution in [3.8, 4) is 0 Å². The van der Waals surface area contributed by atoms with Gasteiger partial charge in [0.25, 0.3) is 5.91 Å². The van der Waals surface area contributed by atoms with Gasteiger partial charge in [-0.3, -0.25) is 9.59 Å². The normalized spacial score (nSPS) is 15.8. The summed E-state index contributed by atoms with van der Waals surface area (Å²) in [4.78, 5) is 27.4. The number of hydrogen-bond donors (Lipinski definition) is 0. The third-order valence-corrected chi connectivity index (χ3v) is 3.99. The molecule has 4 nitrogen and oxygen atoms in total. The highest BCUT2D eigenvalue weighted by molar-refractivity contribution is 6.43. The highest BCUT2D eigenvalue weighted by Gasteiger charge is 2.28. The second-order valence-electron chi connectivity index (χ2n) is 4.30. The zero-order valence-corrected chi connectivity index (χ0v) is 12.0. The van der Waals surface area contributed by atoms with Crippen molar-refractivity contribution in [3.63, 3.8) is 0 Å². The smallest absolute Gasteiger partial charge is 0.255 e.